The molecule has 0 aliphatic carbocycles. The van der Waals surface area contributed by atoms with Crippen molar-refractivity contribution >= 4 is 50.7 Å². The third-order valence-electron chi connectivity index (χ3n) is 7.99. The Hall–Kier alpha value is -3.85. The molecule has 4 rings (SSSR count). The van der Waals surface area contributed by atoms with Crippen LogP contribution < -0.4 is 9.62 Å². The van der Waals surface area contributed by atoms with E-state index in [1.54, 1.807) is 54.6 Å². The monoisotopic (exact) mass is 693 g/mol. The van der Waals surface area contributed by atoms with Crippen molar-refractivity contribution in [3.05, 3.63) is 129 Å². The van der Waals surface area contributed by atoms with E-state index in [-0.39, 0.29) is 23.8 Å². The smallest absolute Gasteiger partial charge is 0.264 e. The van der Waals surface area contributed by atoms with Crippen molar-refractivity contribution in [3.8, 4) is 0 Å². The van der Waals surface area contributed by atoms with Gasteiger partial charge in [-0.1, -0.05) is 116 Å². The lowest BCUT2D eigenvalue weighted by molar-refractivity contribution is -0.140. The molecule has 248 valence electrons. The Labute approximate surface area is 288 Å². The van der Waals surface area contributed by atoms with Crippen LogP contribution in [0.4, 0.5) is 5.69 Å². The van der Waals surface area contributed by atoms with Gasteiger partial charge in [0.05, 0.1) is 10.6 Å². The lowest BCUT2D eigenvalue weighted by atomic mass is 10.0. The molecule has 1 unspecified atom stereocenters. The number of nitrogens with one attached hydrogen (secondary N) is 1. The first-order valence-corrected chi connectivity index (χ1v) is 18.0. The summed E-state index contributed by atoms with van der Waals surface area (Å²) in [5, 5.41) is 3.76. The van der Waals surface area contributed by atoms with Gasteiger partial charge in [0.2, 0.25) is 11.8 Å². The Kier molecular flexibility index (Phi) is 12.9. The molecule has 4 aromatic carbocycles. The quantitative estimate of drug-likeness (QED) is 0.130. The number of carbonyl (C=O) groups is 2. The minimum Gasteiger partial charge on any atom is -0.354 e. The summed E-state index contributed by atoms with van der Waals surface area (Å²) >= 11 is 12.8. The molecule has 0 aliphatic rings. The Morgan fingerprint density at radius 3 is 2.19 bits per heavy atom. The van der Waals surface area contributed by atoms with Crippen molar-refractivity contribution in [1.29, 1.82) is 0 Å². The summed E-state index contributed by atoms with van der Waals surface area (Å²) in [5.74, 6) is -0.883. The maximum absolute atomic E-state index is 14.7. The number of unbranched alkanes of at least 4 members (excludes halogenated alkanes) is 1. The van der Waals surface area contributed by atoms with Crippen LogP contribution in [0.3, 0.4) is 0 Å². The van der Waals surface area contributed by atoms with Crippen LogP contribution in [-0.2, 0) is 39.0 Å². The zero-order valence-corrected chi connectivity index (χ0v) is 29.3. The Balaban J connectivity index is 1.84. The zero-order chi connectivity index (χ0) is 34.0. The number of benzene rings is 4. The molecule has 47 heavy (non-hydrogen) atoms. The van der Waals surface area contributed by atoms with E-state index >= 15 is 0 Å². The van der Waals surface area contributed by atoms with E-state index in [1.165, 1.54) is 4.90 Å². The van der Waals surface area contributed by atoms with Gasteiger partial charge in [-0.25, -0.2) is 8.42 Å². The largest absolute Gasteiger partial charge is 0.354 e. The van der Waals surface area contributed by atoms with Crippen LogP contribution in [-0.4, -0.2) is 44.3 Å². The SMILES string of the molecule is CCCCNC(=O)C(Cc1ccccc1)N(Cc1ccc(Cl)cc1Cl)C(=O)CN(c1ccccc1CC)S(=O)(=O)c1ccc(C)cc1. The van der Waals surface area contributed by atoms with Crippen molar-refractivity contribution < 1.29 is 18.0 Å². The highest BCUT2D eigenvalue weighted by Crippen LogP contribution is 2.29. The van der Waals surface area contributed by atoms with Crippen LogP contribution in [0.2, 0.25) is 10.0 Å². The van der Waals surface area contributed by atoms with Crippen molar-refractivity contribution in [2.75, 3.05) is 17.4 Å². The summed E-state index contributed by atoms with van der Waals surface area (Å²) in [4.78, 5) is 30.1. The highest BCUT2D eigenvalue weighted by atomic mass is 35.5. The number of amides is 2. The highest BCUT2D eigenvalue weighted by molar-refractivity contribution is 7.92. The number of halogens is 2. The van der Waals surface area contributed by atoms with Gasteiger partial charge in [-0.05, 0) is 66.8 Å². The van der Waals surface area contributed by atoms with Gasteiger partial charge in [0.1, 0.15) is 12.6 Å². The van der Waals surface area contributed by atoms with Crippen molar-refractivity contribution in [3.63, 3.8) is 0 Å². The number of aryl methyl sites for hydroxylation is 2. The third-order valence-corrected chi connectivity index (χ3v) is 10.3. The van der Waals surface area contributed by atoms with Gasteiger partial charge in [0, 0.05) is 29.6 Å². The first-order chi connectivity index (χ1) is 22.5. The third kappa shape index (κ3) is 9.37. The van der Waals surface area contributed by atoms with Gasteiger partial charge in [0.15, 0.2) is 0 Å². The molecular formula is C37H41Cl2N3O4S. The normalized spacial score (nSPS) is 11.9. The number of nitrogens with zero attached hydrogens (tertiary/aromatic N) is 2. The Morgan fingerprint density at radius 1 is 0.851 bits per heavy atom. The Bertz CT molecular complexity index is 1770. The molecule has 7 nitrogen and oxygen atoms in total. The molecule has 2 amide bonds. The molecule has 0 aliphatic heterocycles. The maximum atomic E-state index is 14.7. The molecule has 0 heterocycles. The Morgan fingerprint density at radius 2 is 1.53 bits per heavy atom. The van der Waals surface area contributed by atoms with Gasteiger partial charge in [0.25, 0.3) is 10.0 Å². The van der Waals surface area contributed by atoms with E-state index < -0.39 is 28.5 Å². The predicted molar refractivity (Wildman–Crippen MR) is 190 cm³/mol. The van der Waals surface area contributed by atoms with E-state index in [2.05, 4.69) is 5.32 Å². The fourth-order valence-corrected chi connectivity index (χ4v) is 7.22. The lowest BCUT2D eigenvalue weighted by Gasteiger charge is -2.34. The van der Waals surface area contributed by atoms with E-state index in [4.69, 9.17) is 23.2 Å². The second kappa shape index (κ2) is 16.8. The summed E-state index contributed by atoms with van der Waals surface area (Å²) in [6, 6.07) is 27.1. The number of carbonyl (C=O) groups excluding carboxylic acids is 2. The second-order valence-electron chi connectivity index (χ2n) is 11.4. The molecule has 0 radical (unpaired) electrons. The van der Waals surface area contributed by atoms with Crippen molar-refractivity contribution in [1.82, 2.24) is 10.2 Å². The average molecular weight is 695 g/mol. The van der Waals surface area contributed by atoms with Gasteiger partial charge < -0.3 is 10.2 Å². The van der Waals surface area contributed by atoms with Crippen LogP contribution in [0.1, 0.15) is 48.9 Å². The van der Waals surface area contributed by atoms with Crippen molar-refractivity contribution in [2.24, 2.45) is 0 Å². The lowest BCUT2D eigenvalue weighted by Crippen LogP contribution is -2.53. The minimum atomic E-state index is -4.20. The number of anilines is 1. The summed E-state index contributed by atoms with van der Waals surface area (Å²) < 4.78 is 29.8. The number of hydrogen-bond acceptors (Lipinski definition) is 4. The van der Waals surface area contributed by atoms with E-state index in [1.807, 2.05) is 63.2 Å². The fourth-order valence-electron chi connectivity index (χ4n) is 5.30. The molecule has 0 fully saturated rings. The van der Waals surface area contributed by atoms with Crippen LogP contribution >= 0.6 is 23.2 Å². The minimum absolute atomic E-state index is 0.0403. The molecular weight excluding hydrogens is 653 g/mol. The first kappa shape index (κ1) is 36.0. The highest BCUT2D eigenvalue weighted by Gasteiger charge is 2.35. The van der Waals surface area contributed by atoms with Crippen LogP contribution in [0.15, 0.2) is 102 Å². The maximum Gasteiger partial charge on any atom is 0.264 e. The van der Waals surface area contributed by atoms with Crippen LogP contribution in [0, 0.1) is 6.92 Å². The molecule has 0 spiro atoms. The number of sulfonamides is 1. The molecule has 10 heteroatoms. The summed E-state index contributed by atoms with van der Waals surface area (Å²) in [6.45, 7) is 5.71. The summed E-state index contributed by atoms with van der Waals surface area (Å²) in [5.41, 5.74) is 3.50. The fraction of sp³-hybridized carbons (Fsp3) is 0.297. The van der Waals surface area contributed by atoms with Crippen molar-refractivity contribution in [2.45, 2.75) is 63.9 Å². The van der Waals surface area contributed by atoms with E-state index in [9.17, 15) is 18.0 Å². The first-order valence-electron chi connectivity index (χ1n) is 15.8. The number of para-hydroxylation sites is 1. The van der Waals surface area contributed by atoms with Crippen LogP contribution in [0.5, 0.6) is 0 Å². The predicted octanol–water partition coefficient (Wildman–Crippen LogP) is 7.62. The molecule has 4 aromatic rings. The van der Waals surface area contributed by atoms with E-state index in [0.29, 0.717) is 34.3 Å². The standard InChI is InChI=1S/C37H41Cl2N3O4S/c1-4-6-22-40-37(44)35(23-28-12-8-7-9-13-28)41(25-30-18-19-31(38)24-33(30)39)36(43)26-42(34-15-11-10-14-29(34)5-2)47(45,46)32-20-16-27(3)17-21-32/h7-21,24,35H,4-6,22-23,25-26H2,1-3H3,(H,40,44). The van der Waals surface area contributed by atoms with Gasteiger partial charge >= 0.3 is 0 Å². The molecule has 1 atom stereocenters. The molecule has 0 aromatic heterocycles. The van der Waals surface area contributed by atoms with Gasteiger partial charge in [-0.2, -0.15) is 0 Å². The zero-order valence-electron chi connectivity index (χ0n) is 27.0. The molecule has 1 N–H and O–H groups in total. The second-order valence-corrected chi connectivity index (χ2v) is 14.1. The number of hydrogen-bond donors (Lipinski definition) is 1. The van der Waals surface area contributed by atoms with Gasteiger partial charge in [-0.15, -0.1) is 0 Å². The van der Waals surface area contributed by atoms with Gasteiger partial charge in [-0.3, -0.25) is 13.9 Å². The summed E-state index contributed by atoms with van der Waals surface area (Å²) in [7, 11) is -4.20. The topological polar surface area (TPSA) is 86.8 Å². The molecule has 0 bridgehead atoms. The van der Waals surface area contributed by atoms with Crippen LogP contribution in [0.25, 0.3) is 0 Å². The van der Waals surface area contributed by atoms with E-state index in [0.717, 1.165) is 33.8 Å². The number of rotatable bonds is 15. The average Bonchev–Trinajstić information content (AvgIpc) is 3.06. The molecule has 0 saturated carbocycles. The molecule has 0 saturated heterocycles. The summed E-state index contributed by atoms with van der Waals surface area (Å²) in [6.07, 6.45) is 2.42.